The summed E-state index contributed by atoms with van der Waals surface area (Å²) in [4.78, 5) is 18.8. The van der Waals surface area contributed by atoms with Crippen LogP contribution in [0.15, 0.2) is 53.7 Å². The molecule has 1 amide bonds. The Hall–Kier alpha value is -2.25. The molecule has 0 saturated carbocycles. The maximum absolute atomic E-state index is 12.9. The molecule has 134 valence electrons. The van der Waals surface area contributed by atoms with Crippen molar-refractivity contribution in [3.63, 3.8) is 0 Å². The molecule has 0 unspecified atom stereocenters. The summed E-state index contributed by atoms with van der Waals surface area (Å²) in [5.74, 6) is -0.215. The summed E-state index contributed by atoms with van der Waals surface area (Å²) in [5.41, 5.74) is 1.26. The average molecular weight is 361 g/mol. The largest absolute Gasteiger partial charge is 0.332 e. The molecule has 0 aliphatic rings. The molecule has 0 spiro atoms. The monoisotopic (exact) mass is 361 g/mol. The predicted octanol–water partition coefficient (Wildman–Crippen LogP) is 2.43. The van der Waals surface area contributed by atoms with Gasteiger partial charge in [0.2, 0.25) is 10.0 Å². The third-order valence-electron chi connectivity index (χ3n) is 3.69. The number of carbonyl (C=O) groups excluding carboxylic acids is 1. The molecule has 1 aromatic carbocycles. The van der Waals surface area contributed by atoms with Gasteiger partial charge in [-0.05, 0) is 43.7 Å². The standard InChI is InChI=1S/C18H23N3O3S/c1-4-20-25(23,24)17-9-5-8-16(11-17)18(22)21(14(2)3)13-15-7-6-10-19-12-15/h5-12,14,20H,4,13H2,1-3H3. The Morgan fingerprint density at radius 1 is 1.24 bits per heavy atom. The first kappa shape index (κ1) is 19.1. The van der Waals surface area contributed by atoms with E-state index in [-0.39, 0.29) is 16.8 Å². The maximum Gasteiger partial charge on any atom is 0.254 e. The fourth-order valence-corrected chi connectivity index (χ4v) is 3.50. The van der Waals surface area contributed by atoms with Crippen LogP contribution in [0.3, 0.4) is 0 Å². The van der Waals surface area contributed by atoms with Crippen LogP contribution in [-0.2, 0) is 16.6 Å². The fourth-order valence-electron chi connectivity index (χ4n) is 2.41. The highest BCUT2D eigenvalue weighted by molar-refractivity contribution is 7.89. The molecule has 0 bridgehead atoms. The number of sulfonamides is 1. The molecule has 1 heterocycles. The number of pyridine rings is 1. The third-order valence-corrected chi connectivity index (χ3v) is 5.23. The topological polar surface area (TPSA) is 79.4 Å². The molecule has 25 heavy (non-hydrogen) atoms. The summed E-state index contributed by atoms with van der Waals surface area (Å²) in [6.07, 6.45) is 3.40. The summed E-state index contributed by atoms with van der Waals surface area (Å²) >= 11 is 0. The number of nitrogens with zero attached hydrogens (tertiary/aromatic N) is 2. The molecule has 0 fully saturated rings. The van der Waals surface area contributed by atoms with E-state index in [9.17, 15) is 13.2 Å². The number of hydrogen-bond acceptors (Lipinski definition) is 4. The smallest absolute Gasteiger partial charge is 0.254 e. The number of rotatable bonds is 7. The second-order valence-electron chi connectivity index (χ2n) is 5.92. The van der Waals surface area contributed by atoms with Gasteiger partial charge in [-0.25, -0.2) is 13.1 Å². The Morgan fingerprint density at radius 2 is 2.00 bits per heavy atom. The van der Waals surface area contributed by atoms with E-state index >= 15 is 0 Å². The summed E-state index contributed by atoms with van der Waals surface area (Å²) < 4.78 is 26.8. The number of benzene rings is 1. The lowest BCUT2D eigenvalue weighted by Gasteiger charge is -2.27. The van der Waals surface area contributed by atoms with Crippen LogP contribution < -0.4 is 4.72 Å². The predicted molar refractivity (Wildman–Crippen MR) is 96.6 cm³/mol. The molecule has 6 nitrogen and oxygen atoms in total. The summed E-state index contributed by atoms with van der Waals surface area (Å²) in [6, 6.07) is 9.80. The molecule has 2 aromatic rings. The third kappa shape index (κ3) is 4.87. The van der Waals surface area contributed by atoms with Crippen LogP contribution >= 0.6 is 0 Å². The van der Waals surface area contributed by atoms with Gasteiger partial charge in [-0.3, -0.25) is 9.78 Å². The number of nitrogens with one attached hydrogen (secondary N) is 1. The molecule has 0 aliphatic heterocycles. The van der Waals surface area contributed by atoms with Gasteiger partial charge in [0.25, 0.3) is 5.91 Å². The Balaban J connectivity index is 2.31. The van der Waals surface area contributed by atoms with Gasteiger partial charge >= 0.3 is 0 Å². The minimum absolute atomic E-state index is 0.0401. The Morgan fingerprint density at radius 3 is 2.60 bits per heavy atom. The molecule has 0 radical (unpaired) electrons. The molecular formula is C18H23N3O3S. The Kier molecular flexibility index (Phi) is 6.27. The highest BCUT2D eigenvalue weighted by Gasteiger charge is 2.21. The molecule has 0 atom stereocenters. The zero-order valence-electron chi connectivity index (χ0n) is 14.6. The van der Waals surface area contributed by atoms with Gasteiger partial charge in [-0.15, -0.1) is 0 Å². The van der Waals surface area contributed by atoms with Crippen LogP contribution in [0.1, 0.15) is 36.7 Å². The lowest BCUT2D eigenvalue weighted by atomic mass is 10.1. The van der Waals surface area contributed by atoms with Crippen molar-refractivity contribution < 1.29 is 13.2 Å². The van der Waals surface area contributed by atoms with Crippen LogP contribution in [0.5, 0.6) is 0 Å². The van der Waals surface area contributed by atoms with Gasteiger partial charge < -0.3 is 4.90 Å². The lowest BCUT2D eigenvalue weighted by Crippen LogP contribution is -2.36. The highest BCUT2D eigenvalue weighted by atomic mass is 32.2. The van der Waals surface area contributed by atoms with Gasteiger partial charge in [0.05, 0.1) is 4.90 Å². The summed E-state index contributed by atoms with van der Waals surface area (Å²) in [7, 11) is -3.60. The van der Waals surface area contributed by atoms with E-state index in [4.69, 9.17) is 0 Å². The van der Waals surface area contributed by atoms with Gasteiger partial charge in [0.15, 0.2) is 0 Å². The second-order valence-corrected chi connectivity index (χ2v) is 7.68. The summed E-state index contributed by atoms with van der Waals surface area (Å²) in [6.45, 7) is 6.26. The number of aromatic nitrogens is 1. The Labute approximate surface area is 148 Å². The number of hydrogen-bond donors (Lipinski definition) is 1. The van der Waals surface area contributed by atoms with Crippen molar-refractivity contribution in [1.82, 2.24) is 14.6 Å². The van der Waals surface area contributed by atoms with Gasteiger partial charge in [0.1, 0.15) is 0 Å². The minimum atomic E-state index is -3.60. The summed E-state index contributed by atoms with van der Waals surface area (Å²) in [5, 5.41) is 0. The minimum Gasteiger partial charge on any atom is -0.332 e. The van der Waals surface area contributed by atoms with Gasteiger partial charge in [-0.1, -0.05) is 19.1 Å². The van der Waals surface area contributed by atoms with E-state index in [1.54, 1.807) is 36.4 Å². The van der Waals surface area contributed by atoms with Crippen molar-refractivity contribution in [2.75, 3.05) is 6.54 Å². The first-order valence-electron chi connectivity index (χ1n) is 8.14. The second kappa shape index (κ2) is 8.22. The molecule has 1 N–H and O–H groups in total. The lowest BCUT2D eigenvalue weighted by molar-refractivity contribution is 0.0690. The van der Waals surface area contributed by atoms with Crippen molar-refractivity contribution >= 4 is 15.9 Å². The van der Waals surface area contributed by atoms with Crippen LogP contribution in [0.4, 0.5) is 0 Å². The molecule has 2 rings (SSSR count). The van der Waals surface area contributed by atoms with E-state index in [0.717, 1.165) is 5.56 Å². The number of amides is 1. The van der Waals surface area contributed by atoms with Gasteiger partial charge in [-0.2, -0.15) is 0 Å². The first-order valence-corrected chi connectivity index (χ1v) is 9.63. The van der Waals surface area contributed by atoms with E-state index in [1.165, 1.54) is 12.1 Å². The average Bonchev–Trinajstić information content (AvgIpc) is 2.60. The Bertz CT molecular complexity index is 820. The van der Waals surface area contributed by atoms with Crippen molar-refractivity contribution in [3.05, 3.63) is 59.9 Å². The normalized spacial score (nSPS) is 11.5. The molecule has 0 saturated heterocycles. The fraction of sp³-hybridized carbons (Fsp3) is 0.333. The zero-order chi connectivity index (χ0) is 18.4. The van der Waals surface area contributed by atoms with Crippen LogP contribution in [0, 0.1) is 0 Å². The van der Waals surface area contributed by atoms with Crippen molar-refractivity contribution in [2.45, 2.75) is 38.3 Å². The molecule has 0 aliphatic carbocycles. The molecule has 1 aromatic heterocycles. The van der Waals surface area contributed by atoms with Gasteiger partial charge in [0, 0.05) is 37.1 Å². The maximum atomic E-state index is 12.9. The van der Waals surface area contributed by atoms with Crippen molar-refractivity contribution in [2.24, 2.45) is 0 Å². The molecular weight excluding hydrogens is 338 g/mol. The van der Waals surface area contributed by atoms with E-state index in [2.05, 4.69) is 9.71 Å². The zero-order valence-corrected chi connectivity index (χ0v) is 15.5. The van der Waals surface area contributed by atoms with E-state index in [1.807, 2.05) is 26.0 Å². The highest BCUT2D eigenvalue weighted by Crippen LogP contribution is 2.16. The first-order chi connectivity index (χ1) is 11.8. The van der Waals surface area contributed by atoms with E-state index < -0.39 is 10.0 Å². The SMILES string of the molecule is CCNS(=O)(=O)c1cccc(C(=O)N(Cc2cccnc2)C(C)C)c1. The van der Waals surface area contributed by atoms with Crippen molar-refractivity contribution in [1.29, 1.82) is 0 Å². The van der Waals surface area contributed by atoms with Crippen LogP contribution in [0.25, 0.3) is 0 Å². The quantitative estimate of drug-likeness (QED) is 0.821. The van der Waals surface area contributed by atoms with Crippen molar-refractivity contribution in [3.8, 4) is 0 Å². The molecule has 7 heteroatoms. The number of carbonyl (C=O) groups is 1. The van der Waals surface area contributed by atoms with Crippen LogP contribution in [-0.4, -0.2) is 36.8 Å². The van der Waals surface area contributed by atoms with E-state index in [0.29, 0.717) is 18.7 Å². The van der Waals surface area contributed by atoms with Crippen LogP contribution in [0.2, 0.25) is 0 Å².